The molecule has 0 fully saturated rings. The van der Waals surface area contributed by atoms with Gasteiger partial charge in [0.05, 0.1) is 32.3 Å². The monoisotopic (exact) mass is 1320 g/mol. The van der Waals surface area contributed by atoms with Gasteiger partial charge < -0.3 is 28.7 Å². The Bertz CT molecular complexity index is 3450. The van der Waals surface area contributed by atoms with E-state index in [9.17, 15) is 25.9 Å². The zero-order valence-corrected chi connectivity index (χ0v) is 59.4. The molecule has 4 aromatic carbocycles. The minimum atomic E-state index is -4.24. The van der Waals surface area contributed by atoms with Crippen LogP contribution in [0.1, 0.15) is 206 Å². The van der Waals surface area contributed by atoms with Crippen LogP contribution in [0.5, 0.6) is 0 Å². The van der Waals surface area contributed by atoms with E-state index in [-0.39, 0.29) is 57.3 Å². The number of anilines is 4. The topological polar surface area (TPSA) is 127 Å². The van der Waals surface area contributed by atoms with Gasteiger partial charge in [0.25, 0.3) is 0 Å². The summed E-state index contributed by atoms with van der Waals surface area (Å²) in [5.74, 6) is -0.653. The summed E-state index contributed by atoms with van der Waals surface area (Å²) in [5, 5.41) is 1.76. The lowest BCUT2D eigenvalue weighted by atomic mass is 9.78. The van der Waals surface area contributed by atoms with Crippen LogP contribution in [-0.4, -0.2) is 87.8 Å². The number of hydrogen-bond acceptors (Lipinski definition) is 10. The highest BCUT2D eigenvalue weighted by atomic mass is 35.5. The van der Waals surface area contributed by atoms with Crippen LogP contribution in [0.4, 0.5) is 22.7 Å². The maximum Gasteiger partial charge on any atom is 0.0945 e. The molecule has 92 heavy (non-hydrogen) atoms. The van der Waals surface area contributed by atoms with E-state index in [1.54, 1.807) is 0 Å². The Morgan fingerprint density at radius 3 is 1.05 bits per heavy atom. The second kappa shape index (κ2) is 29.5. The van der Waals surface area contributed by atoms with Crippen LogP contribution in [0.25, 0.3) is 0 Å². The molecule has 10 rings (SSSR count). The molecule has 10 nitrogen and oxygen atoms in total. The number of hydrogen-bond donors (Lipinski definition) is 0. The summed E-state index contributed by atoms with van der Waals surface area (Å²) in [4.78, 5) is 10.2. The normalized spacial score (nSPS) is 23.3. The van der Waals surface area contributed by atoms with Crippen LogP contribution in [-0.2, 0) is 41.9 Å². The van der Waals surface area contributed by atoms with Crippen LogP contribution >= 0.6 is 23.2 Å². The van der Waals surface area contributed by atoms with Crippen LogP contribution in [0.3, 0.4) is 0 Å². The summed E-state index contributed by atoms with van der Waals surface area (Å²) in [5.41, 5.74) is 14.9. The standard InChI is InChI=1S/C78H104Cl2N4O6S2/c1-75(2)61-35-15-19-39-65(61)81(69(75)47-43-57-31-29-33-59(73(57)79)45-49-71-77(5,6)63-37-17-21-41-67(63)83(71)53-25-27-55-91(85,86)87)51-23-13-11-9-10-12-14-24-52-82-66-40-20-16-36-62(66)76(3,4)70(82)48-44-58-32-30-34-60(74(58)80)46-50-72-78(7,8)64-38-18-22-42-68(64)84(72)54-26-28-56-92(88,89)90/h15-22,35-48,69-72H,9-14,23-34,49-56H2,1-8H3,(H,85,86,87)(H,88,89,90)/p-2/b47-43+,48-44+,59-45+,60-46+. The molecular formula is C78H102Cl2N4O6S2-2. The van der Waals surface area contributed by atoms with Crippen LogP contribution in [0.2, 0.25) is 0 Å². The first-order valence-corrected chi connectivity index (χ1v) is 38.6. The highest BCUT2D eigenvalue weighted by Crippen LogP contribution is 2.51. The number of halogens is 2. The van der Waals surface area contributed by atoms with Crippen molar-refractivity contribution in [2.24, 2.45) is 0 Å². The minimum Gasteiger partial charge on any atom is -0.748 e. The van der Waals surface area contributed by atoms with Gasteiger partial charge >= 0.3 is 0 Å². The van der Waals surface area contributed by atoms with E-state index in [2.05, 4.69) is 209 Å². The Morgan fingerprint density at radius 1 is 0.413 bits per heavy atom. The first kappa shape index (κ1) is 69.7. The van der Waals surface area contributed by atoms with Gasteiger partial charge in [-0.25, -0.2) is 16.8 Å². The maximum atomic E-state index is 11.4. The average molecular weight is 1330 g/mol. The summed E-state index contributed by atoms with van der Waals surface area (Å²) >= 11 is 14.8. The highest BCUT2D eigenvalue weighted by Gasteiger charge is 2.47. The van der Waals surface area contributed by atoms with E-state index in [1.807, 2.05) is 0 Å². The second-order valence-corrected chi connectivity index (χ2v) is 33.3. The van der Waals surface area contributed by atoms with Crippen LogP contribution < -0.4 is 19.6 Å². The molecule has 0 spiro atoms. The molecule has 6 aliphatic rings. The van der Waals surface area contributed by atoms with Crippen LogP contribution in [0, 0.1) is 0 Å². The summed E-state index contributed by atoms with van der Waals surface area (Å²) in [6, 6.07) is 35.9. The number of unbranched alkanes of at least 4 members (excludes halogenated alkanes) is 9. The largest absolute Gasteiger partial charge is 0.748 e. The summed E-state index contributed by atoms with van der Waals surface area (Å²) in [6.07, 6.45) is 33.5. The quantitative estimate of drug-likeness (QED) is 0.0383. The number of para-hydroxylation sites is 4. The lowest BCUT2D eigenvalue weighted by Crippen LogP contribution is -2.41. The third-order valence-corrected chi connectivity index (χ3v) is 24.4. The van der Waals surface area contributed by atoms with E-state index >= 15 is 0 Å². The molecule has 0 radical (unpaired) electrons. The van der Waals surface area contributed by atoms with Gasteiger partial charge in [0.15, 0.2) is 0 Å². The molecule has 0 bridgehead atoms. The Balaban J connectivity index is 0.715. The van der Waals surface area contributed by atoms with E-state index in [0.29, 0.717) is 38.8 Å². The minimum absolute atomic E-state index is 0.0722. The molecule has 0 amide bonds. The van der Waals surface area contributed by atoms with Gasteiger partial charge in [0.1, 0.15) is 0 Å². The fourth-order valence-corrected chi connectivity index (χ4v) is 18.5. The molecule has 14 heteroatoms. The molecule has 498 valence electrons. The molecule has 4 unspecified atom stereocenters. The van der Waals surface area contributed by atoms with Crippen molar-refractivity contribution in [3.8, 4) is 0 Å². The molecule has 0 aromatic heterocycles. The second-order valence-electron chi connectivity index (χ2n) is 29.5. The van der Waals surface area contributed by atoms with Gasteiger partial charge in [0, 0.05) is 104 Å². The van der Waals surface area contributed by atoms with Gasteiger partial charge in [-0.15, -0.1) is 0 Å². The first-order chi connectivity index (χ1) is 43.8. The molecule has 4 atom stereocenters. The highest BCUT2D eigenvalue weighted by molar-refractivity contribution is 7.85. The smallest absolute Gasteiger partial charge is 0.0945 e. The SMILES string of the molecule is CC1(C)c2ccccc2N(CCCCCCCCCCN2c3ccccc3C(C)(C)C2/C=C/C2=C(Cl)C(=C/CC3N(CCCCS(=O)(=O)[O-])c4ccccc4C3(C)C)/CCC2)C1/C=C/C1=C(Cl)C(=C/CC2N(CCCCS(=O)(=O)[O-])c3ccccc3C2(C)C)/CCC1. The Hall–Kier alpha value is -5.08. The predicted octanol–water partition coefficient (Wildman–Crippen LogP) is 18.5. The molecule has 0 saturated heterocycles. The van der Waals surface area contributed by atoms with E-state index < -0.39 is 20.2 Å². The van der Waals surface area contributed by atoms with Crippen LogP contribution in [0.15, 0.2) is 166 Å². The van der Waals surface area contributed by atoms with Crippen molar-refractivity contribution in [2.75, 3.05) is 57.3 Å². The van der Waals surface area contributed by atoms with Gasteiger partial charge in [-0.05, 0) is 159 Å². The van der Waals surface area contributed by atoms with Gasteiger partial charge in [0.2, 0.25) is 0 Å². The number of allylic oxidation sites excluding steroid dienone is 8. The van der Waals surface area contributed by atoms with Gasteiger partial charge in [-0.1, -0.05) is 226 Å². The third-order valence-electron chi connectivity index (χ3n) is 21.9. The summed E-state index contributed by atoms with van der Waals surface area (Å²) in [7, 11) is -8.48. The lowest BCUT2D eigenvalue weighted by molar-refractivity contribution is 0.413. The average Bonchev–Trinajstić information content (AvgIpc) is 1.63. The molecule has 2 aliphatic carbocycles. The Morgan fingerprint density at radius 2 is 0.707 bits per heavy atom. The molecule has 0 saturated carbocycles. The molecule has 0 N–H and O–H groups in total. The van der Waals surface area contributed by atoms with Crippen molar-refractivity contribution >= 4 is 66.2 Å². The van der Waals surface area contributed by atoms with Crippen molar-refractivity contribution in [1.29, 1.82) is 0 Å². The third kappa shape index (κ3) is 15.6. The van der Waals surface area contributed by atoms with Crippen molar-refractivity contribution in [2.45, 2.75) is 230 Å². The Kier molecular flexibility index (Phi) is 22.4. The van der Waals surface area contributed by atoms with Gasteiger partial charge in [-0.3, -0.25) is 0 Å². The van der Waals surface area contributed by atoms with E-state index in [1.165, 1.54) is 106 Å². The fourth-order valence-electron chi connectivity index (χ4n) is 16.7. The van der Waals surface area contributed by atoms with Crippen molar-refractivity contribution in [1.82, 2.24) is 0 Å². The van der Waals surface area contributed by atoms with Crippen molar-refractivity contribution < 1.29 is 25.9 Å². The van der Waals surface area contributed by atoms with Gasteiger partial charge in [-0.2, -0.15) is 0 Å². The maximum absolute atomic E-state index is 11.4. The predicted molar refractivity (Wildman–Crippen MR) is 384 cm³/mol. The zero-order valence-electron chi connectivity index (χ0n) is 56.2. The zero-order chi connectivity index (χ0) is 65.6. The van der Waals surface area contributed by atoms with E-state index in [4.69, 9.17) is 23.2 Å². The molecule has 4 aliphatic heterocycles. The summed E-state index contributed by atoms with van der Waals surface area (Å²) in [6.45, 7) is 22.2. The molecule has 4 aromatic rings. The molecular weight excluding hydrogens is 1220 g/mol. The number of rotatable bonds is 29. The first-order valence-electron chi connectivity index (χ1n) is 34.6. The Labute approximate surface area is 563 Å². The van der Waals surface area contributed by atoms with Crippen molar-refractivity contribution in [3.05, 3.63) is 188 Å². The van der Waals surface area contributed by atoms with Crippen molar-refractivity contribution in [3.63, 3.8) is 0 Å². The summed E-state index contributed by atoms with van der Waals surface area (Å²) < 4.78 is 68.5. The number of nitrogens with zero attached hydrogens (tertiary/aromatic N) is 4. The fraction of sp³-hybridized carbons (Fsp3) is 0.538. The number of fused-ring (bicyclic) bond motifs is 4. The lowest BCUT2D eigenvalue weighted by Gasteiger charge is -2.34. The number of benzene rings is 4. The molecule has 4 heterocycles. The van der Waals surface area contributed by atoms with E-state index in [0.717, 1.165) is 87.4 Å².